The van der Waals surface area contributed by atoms with Gasteiger partial charge in [0.25, 0.3) is 0 Å². The van der Waals surface area contributed by atoms with Crippen molar-refractivity contribution in [1.82, 2.24) is 5.32 Å². The van der Waals surface area contributed by atoms with Crippen LogP contribution >= 0.6 is 23.5 Å². The molecule has 10 heteroatoms. The molecular formula is C39H35BrNO7P. The molecule has 0 heterocycles. The summed E-state index contributed by atoms with van der Waals surface area (Å²) in [6.45, 7) is 0.260. The van der Waals surface area contributed by atoms with Crippen LogP contribution in [0.15, 0.2) is 133 Å². The molecule has 0 radical (unpaired) electrons. The number of aliphatic carboxylic acids is 1. The molecule has 49 heavy (non-hydrogen) atoms. The molecule has 1 amide bonds. The maximum absolute atomic E-state index is 14.2. The van der Waals surface area contributed by atoms with E-state index in [-0.39, 0.29) is 32.2 Å². The van der Waals surface area contributed by atoms with Crippen LogP contribution in [-0.2, 0) is 42.8 Å². The highest BCUT2D eigenvalue weighted by atomic mass is 79.9. The number of carbonyl (C=O) groups excluding carboxylic acids is 1. The number of alkyl halides is 1. The van der Waals surface area contributed by atoms with Crippen molar-refractivity contribution in [2.45, 2.75) is 36.2 Å². The molecule has 2 unspecified atom stereocenters. The summed E-state index contributed by atoms with van der Waals surface area (Å²) < 4.78 is 30.9. The molecule has 0 bridgehead atoms. The van der Waals surface area contributed by atoms with E-state index in [4.69, 9.17) is 13.8 Å². The Morgan fingerprint density at radius 3 is 1.69 bits per heavy atom. The molecule has 1 aliphatic carbocycles. The average Bonchev–Trinajstić information content (AvgIpc) is 3.46. The Kier molecular flexibility index (Phi) is 11.1. The second kappa shape index (κ2) is 15.8. The van der Waals surface area contributed by atoms with Crippen LogP contribution in [0.2, 0.25) is 0 Å². The Morgan fingerprint density at radius 2 is 1.18 bits per heavy atom. The van der Waals surface area contributed by atoms with E-state index in [1.165, 1.54) is 0 Å². The third-order valence-electron chi connectivity index (χ3n) is 8.41. The molecule has 250 valence electrons. The van der Waals surface area contributed by atoms with Crippen molar-refractivity contribution in [2.24, 2.45) is 0 Å². The zero-order chi connectivity index (χ0) is 34.2. The minimum Gasteiger partial charge on any atom is -0.480 e. The highest BCUT2D eigenvalue weighted by Gasteiger charge is 2.36. The fourth-order valence-corrected chi connectivity index (χ4v) is 8.40. The molecule has 8 nitrogen and oxygen atoms in total. The van der Waals surface area contributed by atoms with Gasteiger partial charge in [0.15, 0.2) is 0 Å². The Labute approximate surface area is 293 Å². The number of nitrogens with one attached hydrogen (secondary N) is 1. The first kappa shape index (κ1) is 34.3. The number of rotatable bonds is 14. The molecule has 2 N–H and O–H groups in total. The largest absolute Gasteiger partial charge is 0.480 e. The minimum absolute atomic E-state index is 0.0133. The number of benzene rings is 5. The lowest BCUT2D eigenvalue weighted by Crippen LogP contribution is -2.42. The van der Waals surface area contributed by atoms with E-state index in [9.17, 15) is 19.3 Å². The number of ether oxygens (including phenoxy) is 1. The fraction of sp³-hybridized carbons (Fsp3) is 0.179. The van der Waals surface area contributed by atoms with Crippen molar-refractivity contribution in [2.75, 3.05) is 6.61 Å². The molecule has 5 aromatic rings. The summed E-state index contributed by atoms with van der Waals surface area (Å²) in [7, 11) is -3.75. The Balaban J connectivity index is 1.09. The number of carbonyl (C=O) groups is 2. The van der Waals surface area contributed by atoms with Gasteiger partial charge in [0, 0.05) is 12.3 Å². The third-order valence-corrected chi connectivity index (χ3v) is 12.3. The van der Waals surface area contributed by atoms with Crippen molar-refractivity contribution in [3.05, 3.63) is 167 Å². The number of halogens is 1. The molecule has 0 saturated carbocycles. The van der Waals surface area contributed by atoms with Crippen LogP contribution in [0.1, 0.15) is 43.9 Å². The van der Waals surface area contributed by atoms with Gasteiger partial charge >= 0.3 is 19.7 Å². The van der Waals surface area contributed by atoms with E-state index >= 15 is 0 Å². The second-order valence-electron chi connectivity index (χ2n) is 11.7. The van der Waals surface area contributed by atoms with Crippen LogP contribution in [0, 0.1) is 0 Å². The number of hydrogen-bond donors (Lipinski definition) is 2. The smallest absolute Gasteiger partial charge is 0.407 e. The van der Waals surface area contributed by atoms with E-state index in [1.54, 1.807) is 24.3 Å². The van der Waals surface area contributed by atoms with Gasteiger partial charge in [0.2, 0.25) is 0 Å². The van der Waals surface area contributed by atoms with Gasteiger partial charge < -0.3 is 24.2 Å². The van der Waals surface area contributed by atoms with Crippen LogP contribution in [0.5, 0.6) is 0 Å². The van der Waals surface area contributed by atoms with E-state index in [2.05, 4.69) is 21.2 Å². The van der Waals surface area contributed by atoms with Gasteiger partial charge in [-0.15, -0.1) is 0 Å². The Bertz CT molecular complexity index is 1850. The number of hydrogen-bond acceptors (Lipinski definition) is 6. The van der Waals surface area contributed by atoms with Gasteiger partial charge in [-0.25, -0.2) is 9.59 Å². The van der Waals surface area contributed by atoms with E-state index in [1.807, 2.05) is 109 Å². The van der Waals surface area contributed by atoms with E-state index in [0.717, 1.165) is 33.4 Å². The lowest BCUT2D eigenvalue weighted by molar-refractivity contribution is -0.139. The summed E-state index contributed by atoms with van der Waals surface area (Å²) >= 11 is 3.57. The molecule has 0 aromatic heterocycles. The van der Waals surface area contributed by atoms with Crippen molar-refractivity contribution in [3.63, 3.8) is 0 Å². The van der Waals surface area contributed by atoms with Crippen molar-refractivity contribution in [1.29, 1.82) is 0 Å². The Hall–Kier alpha value is -4.53. The first-order valence-electron chi connectivity index (χ1n) is 15.8. The number of amides is 1. The number of alkyl carbamates (subject to hydrolysis) is 1. The zero-order valence-electron chi connectivity index (χ0n) is 26.5. The molecular weight excluding hydrogens is 705 g/mol. The summed E-state index contributed by atoms with van der Waals surface area (Å²) in [6.07, 6.45) is -0.794. The van der Waals surface area contributed by atoms with E-state index in [0.29, 0.717) is 11.1 Å². The number of fused-ring (bicyclic) bond motifs is 3. The van der Waals surface area contributed by atoms with Crippen molar-refractivity contribution < 1.29 is 33.0 Å². The van der Waals surface area contributed by atoms with Gasteiger partial charge in [-0.1, -0.05) is 149 Å². The van der Waals surface area contributed by atoms with Crippen LogP contribution < -0.4 is 5.32 Å². The minimum atomic E-state index is -3.75. The predicted octanol–water partition coefficient (Wildman–Crippen LogP) is 9.24. The normalized spacial score (nSPS) is 13.6. The maximum Gasteiger partial charge on any atom is 0.407 e. The maximum atomic E-state index is 14.2. The van der Waals surface area contributed by atoms with Gasteiger partial charge in [0.05, 0.1) is 13.2 Å². The SMILES string of the molecule is O=C(NC(Cc1ccc(C(Br)P(=O)(OCc2ccccc2)OCc2ccccc2)cc1)C(=O)O)OCC1c2ccccc2-c2ccccc21. The lowest BCUT2D eigenvalue weighted by atomic mass is 9.98. The Morgan fingerprint density at radius 1 is 0.694 bits per heavy atom. The van der Waals surface area contributed by atoms with Crippen LogP contribution in [0.25, 0.3) is 11.1 Å². The lowest BCUT2D eigenvalue weighted by Gasteiger charge is -2.24. The molecule has 0 saturated heterocycles. The van der Waals surface area contributed by atoms with Gasteiger partial charge in [0.1, 0.15) is 17.2 Å². The molecule has 0 aliphatic heterocycles. The van der Waals surface area contributed by atoms with Crippen LogP contribution in [0.4, 0.5) is 4.79 Å². The average molecular weight is 741 g/mol. The zero-order valence-corrected chi connectivity index (χ0v) is 29.0. The number of carboxylic acids is 1. The van der Waals surface area contributed by atoms with E-state index < -0.39 is 30.3 Å². The first-order chi connectivity index (χ1) is 23.8. The molecule has 5 aromatic carbocycles. The second-order valence-corrected chi connectivity index (χ2v) is 15.4. The van der Waals surface area contributed by atoms with Crippen molar-refractivity contribution in [3.8, 4) is 11.1 Å². The standard InChI is InChI=1S/C39H35BrNO7P/c40-37(49(45,47-24-28-11-3-1-4-12-28)48-25-29-13-5-2-6-14-29)30-21-19-27(20-22-30)23-36(38(42)43)41-39(44)46-26-35-33-17-9-7-15-31(33)32-16-8-10-18-34(32)35/h1-22,35-37H,23-26H2,(H,41,44)(H,42,43). The van der Waals surface area contributed by atoms with Gasteiger partial charge in [-0.05, 0) is 44.5 Å². The summed E-state index contributed by atoms with van der Waals surface area (Å²) in [5, 5.41) is 12.4. The fourth-order valence-electron chi connectivity index (χ4n) is 5.86. The quantitative estimate of drug-likeness (QED) is 0.0863. The number of carboxylic acid groups (broad SMARTS) is 1. The highest BCUT2D eigenvalue weighted by molar-refractivity contribution is 9.10. The molecule has 0 fully saturated rings. The van der Waals surface area contributed by atoms with Crippen LogP contribution in [-0.4, -0.2) is 29.8 Å². The highest BCUT2D eigenvalue weighted by Crippen LogP contribution is 2.65. The predicted molar refractivity (Wildman–Crippen MR) is 192 cm³/mol. The monoisotopic (exact) mass is 739 g/mol. The van der Waals surface area contributed by atoms with Gasteiger partial charge in [-0.2, -0.15) is 0 Å². The molecule has 1 aliphatic rings. The summed E-state index contributed by atoms with van der Waals surface area (Å²) in [5.74, 6) is -1.33. The third kappa shape index (κ3) is 8.38. The van der Waals surface area contributed by atoms with Crippen LogP contribution in [0.3, 0.4) is 0 Å². The molecule has 0 spiro atoms. The summed E-state index contributed by atoms with van der Waals surface area (Å²) in [6, 6.07) is 40.6. The molecule has 6 rings (SSSR count). The summed E-state index contributed by atoms with van der Waals surface area (Å²) in [5.41, 5.74) is 7.33. The van der Waals surface area contributed by atoms with Crippen molar-refractivity contribution >= 4 is 35.6 Å². The molecule has 2 atom stereocenters. The topological polar surface area (TPSA) is 111 Å². The van der Waals surface area contributed by atoms with Gasteiger partial charge in [-0.3, -0.25) is 4.57 Å². The summed E-state index contributed by atoms with van der Waals surface area (Å²) in [4.78, 5) is 25.0. The first-order valence-corrected chi connectivity index (χ1v) is 18.4.